The number of hydrogen-bond donors (Lipinski definition) is 2. The van der Waals surface area contributed by atoms with Crippen LogP contribution in [-0.2, 0) is 0 Å². The first-order valence-corrected chi connectivity index (χ1v) is 8.29. The maximum Gasteiger partial charge on any atom is 0.0610 e. The highest BCUT2D eigenvalue weighted by Gasteiger charge is 2.36. The van der Waals surface area contributed by atoms with E-state index in [1.54, 1.807) is 0 Å². The fourth-order valence-electron chi connectivity index (χ4n) is 4.12. The molecule has 0 spiro atoms. The first-order chi connectivity index (χ1) is 9.18. The second-order valence-corrected chi connectivity index (χ2v) is 7.45. The molecule has 1 saturated heterocycles. The van der Waals surface area contributed by atoms with Gasteiger partial charge in [0, 0.05) is 24.7 Å². The maximum absolute atomic E-state index is 9.61. The minimum atomic E-state index is -0.0449. The minimum absolute atomic E-state index is 0.0449. The molecule has 3 aliphatic rings. The zero-order valence-corrected chi connectivity index (χ0v) is 12.4. The van der Waals surface area contributed by atoms with Crippen molar-refractivity contribution in [2.24, 2.45) is 11.8 Å². The molecule has 0 aromatic carbocycles. The first kappa shape index (κ1) is 13.8. The van der Waals surface area contributed by atoms with Crippen molar-refractivity contribution < 1.29 is 5.11 Å². The lowest BCUT2D eigenvalue weighted by Gasteiger charge is -2.30. The maximum atomic E-state index is 9.61. The summed E-state index contributed by atoms with van der Waals surface area (Å²) in [7, 11) is 0. The van der Waals surface area contributed by atoms with Crippen LogP contribution in [0.5, 0.6) is 0 Å². The third-order valence-corrected chi connectivity index (χ3v) is 5.48. The summed E-state index contributed by atoms with van der Waals surface area (Å²) >= 11 is 0. The lowest BCUT2D eigenvalue weighted by Crippen LogP contribution is -2.47. The van der Waals surface area contributed by atoms with Crippen LogP contribution in [0.2, 0.25) is 0 Å². The van der Waals surface area contributed by atoms with Crippen molar-refractivity contribution in [3.05, 3.63) is 0 Å². The second-order valence-electron chi connectivity index (χ2n) is 7.45. The van der Waals surface area contributed by atoms with Gasteiger partial charge >= 0.3 is 0 Å². The predicted molar refractivity (Wildman–Crippen MR) is 78.2 cm³/mol. The van der Waals surface area contributed by atoms with E-state index in [-0.39, 0.29) is 12.1 Å². The Balaban J connectivity index is 1.37. The van der Waals surface area contributed by atoms with Gasteiger partial charge in [0.1, 0.15) is 0 Å². The molecular formula is C16H30N2O. The number of nitrogens with zero attached hydrogens (tertiary/aromatic N) is 1. The fraction of sp³-hybridized carbons (Fsp3) is 1.00. The molecule has 0 amide bonds. The summed E-state index contributed by atoms with van der Waals surface area (Å²) in [5.41, 5.74) is -0.0449. The number of rotatable bonds is 7. The van der Waals surface area contributed by atoms with E-state index in [4.69, 9.17) is 0 Å². The molecule has 19 heavy (non-hydrogen) atoms. The van der Waals surface area contributed by atoms with Crippen LogP contribution >= 0.6 is 0 Å². The molecule has 3 heteroatoms. The van der Waals surface area contributed by atoms with Crippen LogP contribution in [0.15, 0.2) is 0 Å². The molecule has 3 unspecified atom stereocenters. The van der Waals surface area contributed by atoms with E-state index in [1.807, 2.05) is 0 Å². The third kappa shape index (κ3) is 3.50. The van der Waals surface area contributed by atoms with Crippen LogP contribution in [0.4, 0.5) is 0 Å². The van der Waals surface area contributed by atoms with Crippen LogP contribution in [0.1, 0.15) is 51.9 Å². The number of fused-ring (bicyclic) bond motifs is 1. The van der Waals surface area contributed by atoms with Gasteiger partial charge in [-0.1, -0.05) is 6.42 Å². The topological polar surface area (TPSA) is 35.5 Å². The molecule has 2 saturated carbocycles. The van der Waals surface area contributed by atoms with Crippen molar-refractivity contribution in [2.45, 2.75) is 63.5 Å². The first-order valence-electron chi connectivity index (χ1n) is 8.29. The van der Waals surface area contributed by atoms with Gasteiger partial charge in [0.25, 0.3) is 0 Å². The molecule has 1 aliphatic heterocycles. The predicted octanol–water partition coefficient (Wildman–Crippen LogP) is 2.00. The lowest BCUT2D eigenvalue weighted by molar-refractivity contribution is 0.156. The van der Waals surface area contributed by atoms with Gasteiger partial charge in [-0.25, -0.2) is 0 Å². The quantitative estimate of drug-likeness (QED) is 0.740. The molecule has 110 valence electrons. The highest BCUT2D eigenvalue weighted by Crippen LogP contribution is 2.37. The van der Waals surface area contributed by atoms with Gasteiger partial charge in [0.05, 0.1) is 6.61 Å². The Kier molecular flexibility index (Phi) is 4.16. The van der Waals surface area contributed by atoms with Gasteiger partial charge < -0.3 is 15.3 Å². The summed E-state index contributed by atoms with van der Waals surface area (Å²) in [6, 6.07) is 0.684. The fourth-order valence-corrected chi connectivity index (χ4v) is 4.12. The summed E-state index contributed by atoms with van der Waals surface area (Å²) in [5, 5.41) is 13.2. The second kappa shape index (κ2) is 5.71. The minimum Gasteiger partial charge on any atom is -0.394 e. The van der Waals surface area contributed by atoms with Crippen molar-refractivity contribution in [1.29, 1.82) is 0 Å². The normalized spacial score (nSPS) is 34.4. The molecule has 3 atom stereocenters. The van der Waals surface area contributed by atoms with E-state index in [1.165, 1.54) is 58.2 Å². The zero-order valence-electron chi connectivity index (χ0n) is 12.4. The van der Waals surface area contributed by atoms with Crippen LogP contribution in [0.25, 0.3) is 0 Å². The molecule has 0 aromatic rings. The number of aliphatic hydroxyl groups excluding tert-OH is 1. The van der Waals surface area contributed by atoms with Crippen molar-refractivity contribution >= 4 is 0 Å². The molecule has 3 fully saturated rings. The molecule has 1 heterocycles. The Morgan fingerprint density at radius 3 is 2.42 bits per heavy atom. The number of likely N-dealkylation sites (tertiary alicyclic amines) is 1. The Labute approximate surface area is 117 Å². The SMILES string of the molecule is CC(CO)(CCCN1CC2CCCC2C1)NC1CC1. The van der Waals surface area contributed by atoms with Gasteiger partial charge in [-0.3, -0.25) is 0 Å². The molecule has 2 aliphatic carbocycles. The van der Waals surface area contributed by atoms with E-state index in [2.05, 4.69) is 17.1 Å². The van der Waals surface area contributed by atoms with E-state index >= 15 is 0 Å². The monoisotopic (exact) mass is 266 g/mol. The van der Waals surface area contributed by atoms with E-state index in [9.17, 15) is 5.11 Å². The van der Waals surface area contributed by atoms with Gasteiger partial charge in [-0.05, 0) is 63.8 Å². The highest BCUT2D eigenvalue weighted by atomic mass is 16.3. The third-order valence-electron chi connectivity index (χ3n) is 5.48. The average molecular weight is 266 g/mol. The van der Waals surface area contributed by atoms with Gasteiger partial charge in [-0.15, -0.1) is 0 Å². The average Bonchev–Trinajstić information content (AvgIpc) is 2.93. The molecule has 3 nitrogen and oxygen atoms in total. The van der Waals surface area contributed by atoms with Crippen LogP contribution in [-0.4, -0.2) is 47.8 Å². The Morgan fingerprint density at radius 2 is 1.84 bits per heavy atom. The van der Waals surface area contributed by atoms with E-state index in [0.717, 1.165) is 18.3 Å². The van der Waals surface area contributed by atoms with Crippen LogP contribution < -0.4 is 5.32 Å². The van der Waals surface area contributed by atoms with E-state index in [0.29, 0.717) is 6.04 Å². The number of nitrogens with one attached hydrogen (secondary N) is 1. The van der Waals surface area contributed by atoms with Crippen molar-refractivity contribution in [3.63, 3.8) is 0 Å². The Morgan fingerprint density at radius 1 is 1.16 bits per heavy atom. The summed E-state index contributed by atoms with van der Waals surface area (Å²) in [4.78, 5) is 2.67. The zero-order chi connectivity index (χ0) is 13.3. The molecule has 0 radical (unpaired) electrons. The molecule has 0 bridgehead atoms. The van der Waals surface area contributed by atoms with Crippen LogP contribution in [0, 0.1) is 11.8 Å². The summed E-state index contributed by atoms with van der Waals surface area (Å²) in [6.07, 6.45) is 9.33. The van der Waals surface area contributed by atoms with Crippen LogP contribution in [0.3, 0.4) is 0 Å². The summed E-state index contributed by atoms with van der Waals surface area (Å²) in [6.45, 7) is 6.38. The van der Waals surface area contributed by atoms with E-state index < -0.39 is 0 Å². The number of aliphatic hydroxyl groups is 1. The Hall–Kier alpha value is -0.120. The van der Waals surface area contributed by atoms with Gasteiger partial charge in [0.15, 0.2) is 0 Å². The Bertz CT molecular complexity index is 293. The molecule has 0 aromatic heterocycles. The smallest absolute Gasteiger partial charge is 0.0610 e. The van der Waals surface area contributed by atoms with Crippen molar-refractivity contribution in [2.75, 3.05) is 26.2 Å². The van der Waals surface area contributed by atoms with Gasteiger partial charge in [0.2, 0.25) is 0 Å². The van der Waals surface area contributed by atoms with Gasteiger partial charge in [-0.2, -0.15) is 0 Å². The summed E-state index contributed by atoms with van der Waals surface area (Å²) in [5.74, 6) is 2.02. The molecule has 3 rings (SSSR count). The number of hydrogen-bond acceptors (Lipinski definition) is 3. The van der Waals surface area contributed by atoms with Crippen molar-refractivity contribution in [1.82, 2.24) is 10.2 Å². The molecule has 2 N–H and O–H groups in total. The highest BCUT2D eigenvalue weighted by molar-refractivity contribution is 4.93. The van der Waals surface area contributed by atoms with Crippen molar-refractivity contribution in [3.8, 4) is 0 Å². The summed E-state index contributed by atoms with van der Waals surface area (Å²) < 4.78 is 0. The standard InChI is InChI=1S/C16H30N2O/c1-16(12-19,17-15-6-7-15)8-3-9-18-10-13-4-2-5-14(13)11-18/h13-15,17,19H,2-12H2,1H3. The lowest BCUT2D eigenvalue weighted by atomic mass is 9.96. The molecular weight excluding hydrogens is 236 g/mol. The largest absolute Gasteiger partial charge is 0.394 e.